The van der Waals surface area contributed by atoms with Crippen molar-refractivity contribution < 1.29 is 13.9 Å². The Bertz CT molecular complexity index is 548. The quantitative estimate of drug-likeness (QED) is 0.772. The van der Waals surface area contributed by atoms with Crippen LogP contribution in [0.4, 0.5) is 0 Å². The second kappa shape index (κ2) is 6.02. The Morgan fingerprint density at radius 3 is 2.47 bits per heavy atom. The van der Waals surface area contributed by atoms with Crippen LogP contribution in [0, 0.1) is 6.92 Å². The minimum Gasteiger partial charge on any atom is -0.493 e. The summed E-state index contributed by atoms with van der Waals surface area (Å²) in [5, 5.41) is -0.114. The normalized spacial score (nSPS) is 12.2. The highest BCUT2D eigenvalue weighted by Gasteiger charge is 2.15. The molecule has 0 N–H and O–H groups in total. The van der Waals surface area contributed by atoms with Gasteiger partial charge >= 0.3 is 0 Å². The van der Waals surface area contributed by atoms with Crippen molar-refractivity contribution in [1.82, 2.24) is 0 Å². The van der Waals surface area contributed by atoms with E-state index in [1.165, 1.54) is 0 Å². The molecule has 19 heavy (non-hydrogen) atoms. The maximum atomic E-state index is 6.42. The lowest BCUT2D eigenvalue weighted by Crippen LogP contribution is -1.98. The van der Waals surface area contributed by atoms with Crippen LogP contribution in [0.5, 0.6) is 11.5 Å². The molecule has 0 bridgehead atoms. The SMILES string of the molecule is COc1ccc(CC(Cl)c2ccoc2C)cc1OC. The highest BCUT2D eigenvalue weighted by Crippen LogP contribution is 2.32. The topological polar surface area (TPSA) is 31.6 Å². The summed E-state index contributed by atoms with van der Waals surface area (Å²) in [6, 6.07) is 7.74. The van der Waals surface area contributed by atoms with Crippen LogP contribution >= 0.6 is 11.6 Å². The van der Waals surface area contributed by atoms with Gasteiger partial charge in [-0.1, -0.05) is 6.07 Å². The van der Waals surface area contributed by atoms with Gasteiger partial charge in [0.25, 0.3) is 0 Å². The standard InChI is InChI=1S/C15H17ClO3/c1-10-12(6-7-19-10)13(16)8-11-4-5-14(17-2)15(9-11)18-3/h4-7,9,13H,8H2,1-3H3. The van der Waals surface area contributed by atoms with Crippen molar-refractivity contribution in [2.75, 3.05) is 14.2 Å². The number of ether oxygens (including phenoxy) is 2. The lowest BCUT2D eigenvalue weighted by atomic mass is 10.0. The smallest absolute Gasteiger partial charge is 0.160 e. The highest BCUT2D eigenvalue weighted by atomic mass is 35.5. The first-order valence-corrected chi connectivity index (χ1v) is 6.48. The maximum absolute atomic E-state index is 6.42. The van der Waals surface area contributed by atoms with E-state index in [2.05, 4.69) is 0 Å². The van der Waals surface area contributed by atoms with Crippen LogP contribution < -0.4 is 9.47 Å². The van der Waals surface area contributed by atoms with Crippen LogP contribution in [0.3, 0.4) is 0 Å². The third-order valence-corrected chi connectivity index (χ3v) is 3.49. The summed E-state index contributed by atoms with van der Waals surface area (Å²) in [6.45, 7) is 1.92. The van der Waals surface area contributed by atoms with Crippen LogP contribution in [0.1, 0.15) is 22.3 Å². The van der Waals surface area contributed by atoms with Crippen molar-refractivity contribution in [2.45, 2.75) is 18.7 Å². The second-order valence-electron chi connectivity index (χ2n) is 4.29. The number of benzene rings is 1. The highest BCUT2D eigenvalue weighted by molar-refractivity contribution is 6.21. The van der Waals surface area contributed by atoms with E-state index in [0.717, 1.165) is 22.6 Å². The van der Waals surface area contributed by atoms with Gasteiger partial charge in [0.15, 0.2) is 11.5 Å². The molecule has 1 unspecified atom stereocenters. The molecule has 1 heterocycles. The molecule has 2 rings (SSSR count). The van der Waals surface area contributed by atoms with E-state index >= 15 is 0 Å². The van der Waals surface area contributed by atoms with Gasteiger partial charge in [-0.15, -0.1) is 11.6 Å². The van der Waals surface area contributed by atoms with Gasteiger partial charge < -0.3 is 13.9 Å². The summed E-state index contributed by atoms with van der Waals surface area (Å²) in [6.07, 6.45) is 2.37. The molecule has 2 aromatic rings. The van der Waals surface area contributed by atoms with Crippen LogP contribution in [0.15, 0.2) is 34.9 Å². The Hall–Kier alpha value is -1.61. The molecule has 1 aromatic carbocycles. The molecule has 0 saturated carbocycles. The van der Waals surface area contributed by atoms with Gasteiger partial charge in [0.1, 0.15) is 5.76 Å². The van der Waals surface area contributed by atoms with E-state index in [-0.39, 0.29) is 5.38 Å². The zero-order chi connectivity index (χ0) is 13.8. The third kappa shape index (κ3) is 3.04. The van der Waals surface area contributed by atoms with Crippen LogP contribution in [-0.2, 0) is 6.42 Å². The molecule has 102 valence electrons. The first-order valence-electron chi connectivity index (χ1n) is 6.04. The molecule has 0 radical (unpaired) electrons. The summed E-state index contributed by atoms with van der Waals surface area (Å²) in [5.74, 6) is 2.30. The van der Waals surface area contributed by atoms with Gasteiger partial charge in [-0.25, -0.2) is 0 Å². The summed E-state index contributed by atoms with van der Waals surface area (Å²) >= 11 is 6.42. The van der Waals surface area contributed by atoms with E-state index < -0.39 is 0 Å². The van der Waals surface area contributed by atoms with Crippen molar-refractivity contribution in [1.29, 1.82) is 0 Å². The number of halogens is 1. The Morgan fingerprint density at radius 2 is 1.89 bits per heavy atom. The summed E-state index contributed by atoms with van der Waals surface area (Å²) in [4.78, 5) is 0. The Morgan fingerprint density at radius 1 is 1.16 bits per heavy atom. The van der Waals surface area contributed by atoms with Gasteiger partial charge in [-0.05, 0) is 37.1 Å². The predicted octanol–water partition coefficient (Wildman–Crippen LogP) is 4.13. The van der Waals surface area contributed by atoms with E-state index in [0.29, 0.717) is 12.2 Å². The van der Waals surface area contributed by atoms with Crippen molar-refractivity contribution in [3.8, 4) is 11.5 Å². The lowest BCUT2D eigenvalue weighted by Gasteiger charge is -2.12. The van der Waals surface area contributed by atoms with Crippen molar-refractivity contribution in [3.05, 3.63) is 47.4 Å². The molecule has 1 atom stereocenters. The Labute approximate surface area is 118 Å². The maximum Gasteiger partial charge on any atom is 0.160 e. The number of methoxy groups -OCH3 is 2. The number of hydrogen-bond donors (Lipinski definition) is 0. The Kier molecular flexibility index (Phi) is 4.38. The number of furan rings is 1. The van der Waals surface area contributed by atoms with E-state index in [4.69, 9.17) is 25.5 Å². The number of hydrogen-bond acceptors (Lipinski definition) is 3. The fraction of sp³-hybridized carbons (Fsp3) is 0.333. The third-order valence-electron chi connectivity index (χ3n) is 3.10. The van der Waals surface area contributed by atoms with Gasteiger partial charge in [-0.3, -0.25) is 0 Å². The number of rotatable bonds is 5. The van der Waals surface area contributed by atoms with E-state index in [1.807, 2.05) is 31.2 Å². The van der Waals surface area contributed by atoms with Gasteiger partial charge in [0.05, 0.1) is 25.9 Å². The molecule has 0 aliphatic carbocycles. The molecule has 0 fully saturated rings. The van der Waals surface area contributed by atoms with Crippen molar-refractivity contribution >= 4 is 11.6 Å². The van der Waals surface area contributed by atoms with Crippen LogP contribution in [0.25, 0.3) is 0 Å². The minimum atomic E-state index is -0.114. The molecule has 3 nitrogen and oxygen atoms in total. The van der Waals surface area contributed by atoms with Gasteiger partial charge in [0.2, 0.25) is 0 Å². The molecule has 0 saturated heterocycles. The van der Waals surface area contributed by atoms with Crippen molar-refractivity contribution in [2.24, 2.45) is 0 Å². The summed E-state index contributed by atoms with van der Waals surface area (Å²) in [7, 11) is 3.25. The average Bonchev–Trinajstić information content (AvgIpc) is 2.85. The predicted molar refractivity (Wildman–Crippen MR) is 75.3 cm³/mol. The second-order valence-corrected chi connectivity index (χ2v) is 4.82. The fourth-order valence-electron chi connectivity index (χ4n) is 2.04. The zero-order valence-electron chi connectivity index (χ0n) is 11.3. The number of aryl methyl sites for hydroxylation is 1. The number of alkyl halides is 1. The van der Waals surface area contributed by atoms with Gasteiger partial charge in [-0.2, -0.15) is 0 Å². The molecule has 0 spiro atoms. The lowest BCUT2D eigenvalue weighted by molar-refractivity contribution is 0.354. The molecule has 0 aliphatic rings. The molecular formula is C15H17ClO3. The average molecular weight is 281 g/mol. The zero-order valence-corrected chi connectivity index (χ0v) is 12.0. The molecular weight excluding hydrogens is 264 g/mol. The van der Waals surface area contributed by atoms with Gasteiger partial charge in [0, 0.05) is 5.56 Å². The summed E-state index contributed by atoms with van der Waals surface area (Å²) in [5.41, 5.74) is 2.12. The molecule has 1 aromatic heterocycles. The molecule has 0 amide bonds. The first kappa shape index (κ1) is 13.8. The fourth-order valence-corrected chi connectivity index (χ4v) is 2.45. The summed E-state index contributed by atoms with van der Waals surface area (Å²) < 4.78 is 15.8. The van der Waals surface area contributed by atoms with Crippen LogP contribution in [-0.4, -0.2) is 14.2 Å². The molecule has 0 aliphatic heterocycles. The monoisotopic (exact) mass is 280 g/mol. The van der Waals surface area contributed by atoms with E-state index in [9.17, 15) is 0 Å². The van der Waals surface area contributed by atoms with Crippen molar-refractivity contribution in [3.63, 3.8) is 0 Å². The van der Waals surface area contributed by atoms with Crippen LogP contribution in [0.2, 0.25) is 0 Å². The Balaban J connectivity index is 2.17. The largest absolute Gasteiger partial charge is 0.493 e. The minimum absolute atomic E-state index is 0.114. The molecule has 4 heteroatoms. The first-order chi connectivity index (χ1) is 9.15. The van der Waals surface area contributed by atoms with E-state index in [1.54, 1.807) is 20.5 Å².